The molecule has 1 heteroatoms. The summed E-state index contributed by atoms with van der Waals surface area (Å²) in [6, 6.07) is 0. The lowest BCUT2D eigenvalue weighted by Gasteiger charge is -2.06. The zero-order valence-electron chi connectivity index (χ0n) is 9.35. The van der Waals surface area contributed by atoms with E-state index in [0.29, 0.717) is 0 Å². The first kappa shape index (κ1) is 12.2. The maximum absolute atomic E-state index is 4.25. The van der Waals surface area contributed by atoms with Gasteiger partial charge in [-0.25, -0.2) is 0 Å². The molecule has 0 rings (SSSR count). The van der Waals surface area contributed by atoms with Gasteiger partial charge in [0.1, 0.15) is 0 Å². The minimum absolute atomic E-state index is 1.09. The molecule has 0 saturated heterocycles. The number of aliphatic imine (C=N–C) groups is 1. The second-order valence-electron chi connectivity index (χ2n) is 3.30. The van der Waals surface area contributed by atoms with Crippen LogP contribution in [0.25, 0.3) is 0 Å². The number of unbranched alkanes of at least 4 members (excludes halogenated alkanes) is 1. The third kappa shape index (κ3) is 4.66. The Morgan fingerprint density at radius 1 is 1.38 bits per heavy atom. The fourth-order valence-electron chi connectivity index (χ4n) is 1.12. The summed E-state index contributed by atoms with van der Waals surface area (Å²) in [6.07, 6.45) is 5.37. The fourth-order valence-corrected chi connectivity index (χ4v) is 1.12. The van der Waals surface area contributed by atoms with E-state index in [2.05, 4.69) is 25.4 Å². The van der Waals surface area contributed by atoms with Crippen LogP contribution < -0.4 is 0 Å². The lowest BCUT2D eigenvalue weighted by molar-refractivity contribution is 0.791. The van der Waals surface area contributed by atoms with Gasteiger partial charge in [-0.2, -0.15) is 0 Å². The Bertz CT molecular complexity index is 221. The Morgan fingerprint density at radius 2 is 2.00 bits per heavy atom. The lowest BCUT2D eigenvalue weighted by atomic mass is 10.0. The van der Waals surface area contributed by atoms with Crippen molar-refractivity contribution in [3.63, 3.8) is 0 Å². The van der Waals surface area contributed by atoms with E-state index >= 15 is 0 Å². The zero-order chi connectivity index (χ0) is 10.3. The minimum Gasteiger partial charge on any atom is -0.266 e. The molecule has 0 fully saturated rings. The molecule has 0 radical (unpaired) electrons. The van der Waals surface area contributed by atoms with Gasteiger partial charge in [-0.1, -0.05) is 25.5 Å². The first-order valence-electron chi connectivity index (χ1n) is 4.97. The van der Waals surface area contributed by atoms with Crippen molar-refractivity contribution in [1.29, 1.82) is 0 Å². The van der Waals surface area contributed by atoms with Crippen LogP contribution in [0.3, 0.4) is 0 Å². The van der Waals surface area contributed by atoms with Crippen LogP contribution in [0.4, 0.5) is 0 Å². The molecular weight excluding hydrogens is 158 g/mol. The summed E-state index contributed by atoms with van der Waals surface area (Å²) in [7, 11) is 0. The third-order valence-corrected chi connectivity index (χ3v) is 2.23. The van der Waals surface area contributed by atoms with Crippen LogP contribution in [0.15, 0.2) is 28.4 Å². The van der Waals surface area contributed by atoms with Gasteiger partial charge in [-0.15, -0.1) is 0 Å². The number of nitrogens with zero attached hydrogens (tertiary/aromatic N) is 1. The number of allylic oxidation sites excluding steroid dienone is 3. The maximum atomic E-state index is 4.25. The molecule has 0 unspecified atom stereocenters. The van der Waals surface area contributed by atoms with E-state index in [-0.39, 0.29) is 0 Å². The smallest absolute Gasteiger partial charge is 0.0400 e. The van der Waals surface area contributed by atoms with Crippen LogP contribution in [0.5, 0.6) is 0 Å². The van der Waals surface area contributed by atoms with Gasteiger partial charge < -0.3 is 0 Å². The fraction of sp³-hybridized carbons (Fsp3) is 0.583. The van der Waals surface area contributed by atoms with E-state index in [0.717, 1.165) is 12.1 Å². The zero-order valence-corrected chi connectivity index (χ0v) is 9.35. The molecule has 0 aromatic carbocycles. The first-order valence-corrected chi connectivity index (χ1v) is 4.97. The lowest BCUT2D eigenvalue weighted by Crippen LogP contribution is -1.88. The topological polar surface area (TPSA) is 12.4 Å². The molecule has 0 heterocycles. The second kappa shape index (κ2) is 6.64. The Hall–Kier alpha value is -0.850. The molecule has 0 amide bonds. The predicted molar refractivity (Wildman–Crippen MR) is 61.2 cm³/mol. The summed E-state index contributed by atoms with van der Waals surface area (Å²) in [4.78, 5) is 4.25. The highest BCUT2D eigenvalue weighted by molar-refractivity contribution is 5.55. The first-order chi connectivity index (χ1) is 6.13. The van der Waals surface area contributed by atoms with E-state index in [4.69, 9.17) is 0 Å². The molecule has 0 aliphatic heterocycles. The monoisotopic (exact) mass is 179 g/mol. The van der Waals surface area contributed by atoms with E-state index < -0.39 is 0 Å². The van der Waals surface area contributed by atoms with Gasteiger partial charge in [0.2, 0.25) is 0 Å². The summed E-state index contributed by atoms with van der Waals surface area (Å²) >= 11 is 0. The average Bonchev–Trinajstić information content (AvgIpc) is 2.13. The van der Waals surface area contributed by atoms with Crippen molar-refractivity contribution in [2.24, 2.45) is 4.99 Å². The molecule has 0 atom stereocenters. The van der Waals surface area contributed by atoms with Gasteiger partial charge in [-0.05, 0) is 39.2 Å². The number of hydrogen-bond donors (Lipinski definition) is 0. The SMILES string of the molecule is C=C(CCCC)/C(C)=C(C)\N=C/C. The standard InChI is InChI=1S/C12H21N/c1-6-8-9-10(3)11(4)12(5)13-7-2/h7H,3,6,8-9H2,1-2,4-5H3/b12-11-,13-7-. The quantitative estimate of drug-likeness (QED) is 0.445. The van der Waals surface area contributed by atoms with Gasteiger partial charge in [0.05, 0.1) is 0 Å². The van der Waals surface area contributed by atoms with Crippen LogP contribution in [-0.2, 0) is 0 Å². The van der Waals surface area contributed by atoms with Crippen molar-refractivity contribution in [3.05, 3.63) is 23.4 Å². The molecular formula is C12H21N. The van der Waals surface area contributed by atoms with Crippen LogP contribution in [-0.4, -0.2) is 6.21 Å². The van der Waals surface area contributed by atoms with Gasteiger partial charge in [0.25, 0.3) is 0 Å². The summed E-state index contributed by atoms with van der Waals surface area (Å²) in [6.45, 7) is 12.3. The van der Waals surface area contributed by atoms with Crippen LogP contribution >= 0.6 is 0 Å². The van der Waals surface area contributed by atoms with Gasteiger partial charge >= 0.3 is 0 Å². The molecule has 1 nitrogen and oxygen atoms in total. The molecule has 0 aliphatic carbocycles. The number of rotatable bonds is 5. The normalized spacial score (nSPS) is 13.2. The highest BCUT2D eigenvalue weighted by Gasteiger charge is 1.99. The van der Waals surface area contributed by atoms with Crippen molar-refractivity contribution in [2.45, 2.75) is 47.0 Å². The Labute approximate surface area is 82.3 Å². The Morgan fingerprint density at radius 3 is 2.46 bits per heavy atom. The van der Waals surface area contributed by atoms with Crippen molar-refractivity contribution >= 4 is 6.21 Å². The van der Waals surface area contributed by atoms with Crippen LogP contribution in [0.2, 0.25) is 0 Å². The van der Waals surface area contributed by atoms with Crippen molar-refractivity contribution in [1.82, 2.24) is 0 Å². The Kier molecular flexibility index (Phi) is 6.21. The van der Waals surface area contributed by atoms with E-state index in [9.17, 15) is 0 Å². The van der Waals surface area contributed by atoms with Crippen molar-refractivity contribution < 1.29 is 0 Å². The Balaban J connectivity index is 4.30. The van der Waals surface area contributed by atoms with E-state index in [1.807, 2.05) is 20.1 Å². The van der Waals surface area contributed by atoms with Crippen molar-refractivity contribution in [3.8, 4) is 0 Å². The van der Waals surface area contributed by atoms with Crippen LogP contribution in [0.1, 0.15) is 47.0 Å². The van der Waals surface area contributed by atoms with Gasteiger partial charge in [0, 0.05) is 11.9 Å². The van der Waals surface area contributed by atoms with Gasteiger partial charge in [0.15, 0.2) is 0 Å². The molecule has 0 aromatic rings. The summed E-state index contributed by atoms with van der Waals surface area (Å²) in [5, 5.41) is 0. The highest BCUT2D eigenvalue weighted by atomic mass is 14.7. The molecule has 0 spiro atoms. The molecule has 0 bridgehead atoms. The van der Waals surface area contributed by atoms with Gasteiger partial charge in [-0.3, -0.25) is 4.99 Å². The number of hydrogen-bond acceptors (Lipinski definition) is 1. The highest BCUT2D eigenvalue weighted by Crippen LogP contribution is 2.18. The molecule has 0 aliphatic rings. The van der Waals surface area contributed by atoms with Crippen LogP contribution in [0, 0.1) is 0 Å². The summed E-state index contributed by atoms with van der Waals surface area (Å²) in [5.41, 5.74) is 3.56. The average molecular weight is 179 g/mol. The van der Waals surface area contributed by atoms with Crippen molar-refractivity contribution in [2.75, 3.05) is 0 Å². The van der Waals surface area contributed by atoms with E-state index in [1.54, 1.807) is 0 Å². The summed E-state index contributed by atoms with van der Waals surface area (Å²) in [5.74, 6) is 0. The van der Waals surface area contributed by atoms with E-state index in [1.165, 1.54) is 24.0 Å². The minimum atomic E-state index is 1.09. The molecule has 13 heavy (non-hydrogen) atoms. The third-order valence-electron chi connectivity index (χ3n) is 2.23. The summed E-state index contributed by atoms with van der Waals surface area (Å²) < 4.78 is 0. The predicted octanol–water partition coefficient (Wildman–Crippen LogP) is 4.12. The second-order valence-corrected chi connectivity index (χ2v) is 3.30. The molecule has 0 aromatic heterocycles. The molecule has 0 saturated carbocycles. The maximum Gasteiger partial charge on any atom is 0.0400 e. The largest absolute Gasteiger partial charge is 0.266 e. The molecule has 74 valence electrons. The molecule has 0 N–H and O–H groups in total.